The van der Waals surface area contributed by atoms with Gasteiger partial charge in [-0.1, -0.05) is 6.58 Å². The number of halogens is 1. The zero-order chi connectivity index (χ0) is 14.2. The second kappa shape index (κ2) is 4.72. The summed E-state index contributed by atoms with van der Waals surface area (Å²) < 4.78 is 18.9. The lowest BCUT2D eigenvalue weighted by Gasteiger charge is -2.01. The number of urea groups is 1. The van der Waals surface area contributed by atoms with E-state index in [-0.39, 0.29) is 11.3 Å². The van der Waals surface area contributed by atoms with Gasteiger partial charge in [-0.2, -0.15) is 0 Å². The predicted molar refractivity (Wildman–Crippen MR) is 66.8 cm³/mol. The number of allylic oxidation sites excluding steroid dienone is 2. The quantitative estimate of drug-likeness (QED) is 0.650. The van der Waals surface area contributed by atoms with Gasteiger partial charge in [-0.05, 0) is 31.1 Å². The van der Waals surface area contributed by atoms with Crippen molar-refractivity contribution in [2.75, 3.05) is 0 Å². The fourth-order valence-electron chi connectivity index (χ4n) is 1.66. The number of rotatable bonds is 3. The molecule has 1 aliphatic rings. The third-order valence-electron chi connectivity index (χ3n) is 2.70. The number of nitrogens with one attached hydrogen (secondary N) is 2. The summed E-state index contributed by atoms with van der Waals surface area (Å²) in [7, 11) is 0. The highest BCUT2D eigenvalue weighted by Gasteiger charge is 2.33. The Labute approximate surface area is 109 Å². The molecule has 19 heavy (non-hydrogen) atoms. The van der Waals surface area contributed by atoms with Crippen molar-refractivity contribution >= 4 is 18.0 Å². The molecule has 0 spiro atoms. The first-order valence-electron chi connectivity index (χ1n) is 5.63. The maximum atomic E-state index is 13.5. The molecule has 1 unspecified atom stereocenters. The van der Waals surface area contributed by atoms with Crippen LogP contribution in [0, 0.1) is 6.92 Å². The molecule has 6 heteroatoms. The van der Waals surface area contributed by atoms with E-state index < -0.39 is 23.8 Å². The van der Waals surface area contributed by atoms with Gasteiger partial charge in [-0.15, -0.1) is 0 Å². The summed E-state index contributed by atoms with van der Waals surface area (Å²) in [6.07, 6.45) is 1.20. The van der Waals surface area contributed by atoms with E-state index in [2.05, 4.69) is 17.2 Å². The summed E-state index contributed by atoms with van der Waals surface area (Å²) in [6.45, 7) is 6.74. The van der Waals surface area contributed by atoms with E-state index in [0.29, 0.717) is 11.3 Å². The smallest absolute Gasteiger partial charge is 0.322 e. The van der Waals surface area contributed by atoms with Crippen molar-refractivity contribution in [2.45, 2.75) is 19.9 Å². The average Bonchev–Trinajstić information content (AvgIpc) is 2.82. The van der Waals surface area contributed by atoms with E-state index in [0.717, 1.165) is 0 Å². The Hall–Kier alpha value is -2.37. The molecule has 3 amide bonds. The van der Waals surface area contributed by atoms with Crippen molar-refractivity contribution in [1.82, 2.24) is 10.6 Å². The van der Waals surface area contributed by atoms with Crippen LogP contribution in [0.5, 0.6) is 0 Å². The SMILES string of the molecule is C=C(C)/C(F)=C\c1oc(C2NC(=O)NC2=O)cc1C. The summed E-state index contributed by atoms with van der Waals surface area (Å²) in [5.74, 6) is -0.426. The number of hydrogen-bond donors (Lipinski definition) is 2. The lowest BCUT2D eigenvalue weighted by Crippen LogP contribution is -2.22. The number of amides is 3. The molecule has 2 heterocycles. The zero-order valence-corrected chi connectivity index (χ0v) is 10.5. The lowest BCUT2D eigenvalue weighted by atomic mass is 10.2. The van der Waals surface area contributed by atoms with Crippen LogP contribution in [-0.4, -0.2) is 11.9 Å². The Morgan fingerprint density at radius 1 is 1.53 bits per heavy atom. The number of carbonyl (C=O) groups is 2. The first-order chi connectivity index (χ1) is 8.88. The van der Waals surface area contributed by atoms with Crippen LogP contribution in [0.1, 0.15) is 30.0 Å². The zero-order valence-electron chi connectivity index (χ0n) is 10.5. The third kappa shape index (κ3) is 2.57. The number of carbonyl (C=O) groups excluding carboxylic acids is 2. The Morgan fingerprint density at radius 2 is 2.21 bits per heavy atom. The first kappa shape index (κ1) is 13.1. The topological polar surface area (TPSA) is 71.3 Å². The molecule has 2 N–H and O–H groups in total. The van der Waals surface area contributed by atoms with Crippen LogP contribution in [0.15, 0.2) is 28.5 Å². The summed E-state index contributed by atoms with van der Waals surface area (Å²) >= 11 is 0. The molecule has 0 bridgehead atoms. The third-order valence-corrected chi connectivity index (χ3v) is 2.70. The van der Waals surface area contributed by atoms with E-state index in [4.69, 9.17) is 4.42 Å². The molecule has 0 aliphatic carbocycles. The van der Waals surface area contributed by atoms with Gasteiger partial charge in [0.1, 0.15) is 17.3 Å². The van der Waals surface area contributed by atoms with Crippen molar-refractivity contribution < 1.29 is 18.4 Å². The lowest BCUT2D eigenvalue weighted by molar-refractivity contribution is -0.120. The maximum absolute atomic E-state index is 13.5. The van der Waals surface area contributed by atoms with Gasteiger partial charge < -0.3 is 9.73 Å². The molecule has 1 saturated heterocycles. The molecule has 1 atom stereocenters. The molecule has 0 saturated carbocycles. The Balaban J connectivity index is 2.32. The minimum atomic E-state index is -0.874. The van der Waals surface area contributed by atoms with Crippen LogP contribution in [0.3, 0.4) is 0 Å². The molecule has 0 radical (unpaired) electrons. The van der Waals surface area contributed by atoms with Crippen LogP contribution < -0.4 is 10.6 Å². The van der Waals surface area contributed by atoms with E-state index in [1.54, 1.807) is 13.0 Å². The molecule has 1 fully saturated rings. The minimum absolute atomic E-state index is 0.265. The van der Waals surface area contributed by atoms with Gasteiger partial charge >= 0.3 is 6.03 Å². The summed E-state index contributed by atoms with van der Waals surface area (Å²) in [6, 6.07) is 0.142. The van der Waals surface area contributed by atoms with Gasteiger partial charge in [0.05, 0.1) is 0 Å². The predicted octanol–water partition coefficient (Wildman–Crippen LogP) is 2.36. The second-order valence-corrected chi connectivity index (χ2v) is 4.36. The largest absolute Gasteiger partial charge is 0.459 e. The number of imide groups is 1. The Kier molecular flexibility index (Phi) is 3.25. The Morgan fingerprint density at radius 3 is 2.74 bits per heavy atom. The highest BCUT2D eigenvalue weighted by atomic mass is 19.1. The minimum Gasteiger partial charge on any atom is -0.459 e. The number of furan rings is 1. The van der Waals surface area contributed by atoms with Gasteiger partial charge in [0, 0.05) is 6.08 Å². The monoisotopic (exact) mass is 264 g/mol. The fourth-order valence-corrected chi connectivity index (χ4v) is 1.66. The molecular weight excluding hydrogens is 251 g/mol. The second-order valence-electron chi connectivity index (χ2n) is 4.36. The van der Waals surface area contributed by atoms with Crippen LogP contribution in [0.25, 0.3) is 6.08 Å². The van der Waals surface area contributed by atoms with Crippen molar-refractivity contribution in [3.63, 3.8) is 0 Å². The van der Waals surface area contributed by atoms with Gasteiger partial charge in [-0.3, -0.25) is 10.1 Å². The summed E-state index contributed by atoms with van der Waals surface area (Å²) in [5, 5.41) is 4.51. The average molecular weight is 264 g/mol. The molecule has 0 aromatic carbocycles. The molecular formula is C13H13FN2O3. The van der Waals surface area contributed by atoms with E-state index in [9.17, 15) is 14.0 Å². The van der Waals surface area contributed by atoms with Crippen LogP contribution in [0.2, 0.25) is 0 Å². The summed E-state index contributed by atoms with van der Waals surface area (Å²) in [5.41, 5.74) is 0.949. The van der Waals surface area contributed by atoms with Crippen LogP contribution in [0.4, 0.5) is 9.18 Å². The van der Waals surface area contributed by atoms with Gasteiger partial charge in [0.15, 0.2) is 6.04 Å². The highest BCUT2D eigenvalue weighted by Crippen LogP contribution is 2.25. The van der Waals surface area contributed by atoms with Gasteiger partial charge in [0.25, 0.3) is 5.91 Å². The van der Waals surface area contributed by atoms with Crippen molar-refractivity contribution in [1.29, 1.82) is 0 Å². The number of hydrogen-bond acceptors (Lipinski definition) is 3. The molecule has 5 nitrogen and oxygen atoms in total. The number of aryl methyl sites for hydroxylation is 1. The maximum Gasteiger partial charge on any atom is 0.322 e. The van der Waals surface area contributed by atoms with Crippen molar-refractivity contribution in [2.24, 2.45) is 0 Å². The highest BCUT2D eigenvalue weighted by molar-refractivity contribution is 6.04. The van der Waals surface area contributed by atoms with E-state index in [1.165, 1.54) is 13.0 Å². The van der Waals surface area contributed by atoms with Gasteiger partial charge in [0.2, 0.25) is 0 Å². The molecule has 1 aromatic rings. The van der Waals surface area contributed by atoms with Crippen molar-refractivity contribution in [3.8, 4) is 0 Å². The van der Waals surface area contributed by atoms with Gasteiger partial charge in [-0.25, -0.2) is 9.18 Å². The standard InChI is InChI=1S/C13H13FN2O3/c1-6(2)8(14)5-9-7(3)4-10(19-9)11-12(17)16-13(18)15-11/h4-5,11H,1H2,2-3H3,(H2,15,16,17,18)/b8-5+. The normalized spacial score (nSPS) is 19.3. The van der Waals surface area contributed by atoms with Crippen LogP contribution in [-0.2, 0) is 4.79 Å². The Bertz CT molecular complexity index is 601. The summed E-state index contributed by atoms with van der Waals surface area (Å²) in [4.78, 5) is 22.5. The first-order valence-corrected chi connectivity index (χ1v) is 5.63. The van der Waals surface area contributed by atoms with Crippen LogP contribution >= 0.6 is 0 Å². The van der Waals surface area contributed by atoms with Crippen molar-refractivity contribution in [3.05, 3.63) is 41.1 Å². The molecule has 1 aromatic heterocycles. The fraction of sp³-hybridized carbons (Fsp3) is 0.231. The molecule has 2 rings (SSSR count). The molecule has 100 valence electrons. The molecule has 1 aliphatic heterocycles. The van der Waals surface area contributed by atoms with E-state index >= 15 is 0 Å². The van der Waals surface area contributed by atoms with E-state index in [1.807, 2.05) is 0 Å².